The third kappa shape index (κ3) is 2.99. The van der Waals surface area contributed by atoms with Crippen molar-refractivity contribution in [2.24, 2.45) is 0 Å². The Balaban J connectivity index is 0.00000169. The van der Waals surface area contributed by atoms with E-state index in [9.17, 15) is 0 Å². The Kier molecular flexibility index (Phi) is 4.76. The Morgan fingerprint density at radius 2 is 1.92 bits per heavy atom. The molecule has 0 unspecified atom stereocenters. The molecular weight excluding hydrogens is 404 g/mol. The minimum absolute atomic E-state index is 0. The Morgan fingerprint density at radius 1 is 1.08 bits per heavy atom. The van der Waals surface area contributed by atoms with Gasteiger partial charge in [0, 0.05) is 22.6 Å². The molecule has 0 aliphatic heterocycles. The maximum absolute atomic E-state index is 4.75. The molecular formula is C17H17BrN4S2. The van der Waals surface area contributed by atoms with Gasteiger partial charge < -0.3 is 5.32 Å². The van der Waals surface area contributed by atoms with Crippen molar-refractivity contribution in [3.05, 3.63) is 52.0 Å². The van der Waals surface area contributed by atoms with Crippen molar-refractivity contribution in [2.45, 2.75) is 20.8 Å². The second kappa shape index (κ2) is 6.66. The topological polar surface area (TPSA) is 42.2 Å². The van der Waals surface area contributed by atoms with Gasteiger partial charge >= 0.3 is 0 Å². The van der Waals surface area contributed by atoms with E-state index in [1.807, 2.05) is 18.5 Å². The molecule has 24 heavy (non-hydrogen) atoms. The molecule has 1 N–H and O–H groups in total. The number of imidazole rings is 1. The molecule has 124 valence electrons. The van der Waals surface area contributed by atoms with E-state index in [1.165, 1.54) is 11.1 Å². The summed E-state index contributed by atoms with van der Waals surface area (Å²) in [5.74, 6) is 0. The summed E-state index contributed by atoms with van der Waals surface area (Å²) in [5.41, 5.74) is 6.64. The molecule has 0 spiro atoms. The number of nitrogens with zero attached hydrogens (tertiary/aromatic N) is 3. The highest BCUT2D eigenvalue weighted by Gasteiger charge is 2.15. The fraction of sp³-hybridized carbons (Fsp3) is 0.176. The molecule has 0 saturated heterocycles. The summed E-state index contributed by atoms with van der Waals surface area (Å²) >= 11 is 3.26. The lowest BCUT2D eigenvalue weighted by atomic mass is 10.1. The Bertz CT molecular complexity index is 999. The van der Waals surface area contributed by atoms with E-state index >= 15 is 0 Å². The van der Waals surface area contributed by atoms with Gasteiger partial charge in [0.25, 0.3) is 0 Å². The molecule has 4 aromatic rings. The van der Waals surface area contributed by atoms with Crippen LogP contribution in [0, 0.1) is 20.8 Å². The van der Waals surface area contributed by atoms with E-state index in [2.05, 4.69) is 52.1 Å². The van der Waals surface area contributed by atoms with E-state index in [1.54, 1.807) is 22.7 Å². The molecule has 0 saturated carbocycles. The van der Waals surface area contributed by atoms with Gasteiger partial charge in [0.05, 0.1) is 11.4 Å². The van der Waals surface area contributed by atoms with Crippen molar-refractivity contribution in [2.75, 3.05) is 5.32 Å². The highest BCUT2D eigenvalue weighted by Crippen LogP contribution is 2.31. The number of halogens is 1. The van der Waals surface area contributed by atoms with Crippen LogP contribution < -0.4 is 5.32 Å². The minimum atomic E-state index is 0. The number of aromatic nitrogens is 3. The van der Waals surface area contributed by atoms with E-state index in [0.717, 1.165) is 32.9 Å². The monoisotopic (exact) mass is 420 g/mol. The summed E-state index contributed by atoms with van der Waals surface area (Å²) in [6, 6.07) is 6.39. The predicted molar refractivity (Wildman–Crippen MR) is 108 cm³/mol. The van der Waals surface area contributed by atoms with Crippen LogP contribution >= 0.6 is 39.7 Å². The molecule has 3 heterocycles. The summed E-state index contributed by atoms with van der Waals surface area (Å²) in [6.07, 6.45) is 2.05. The van der Waals surface area contributed by atoms with Gasteiger partial charge in [-0.25, -0.2) is 9.97 Å². The first kappa shape index (κ1) is 17.1. The lowest BCUT2D eigenvalue weighted by Gasteiger charge is -2.07. The average molecular weight is 421 g/mol. The summed E-state index contributed by atoms with van der Waals surface area (Å²) in [6.45, 7) is 6.25. The number of nitrogens with one attached hydrogen (secondary N) is 1. The van der Waals surface area contributed by atoms with Crippen molar-refractivity contribution in [3.8, 4) is 11.4 Å². The molecule has 0 bridgehead atoms. The standard InChI is InChI=1S/C17H16N4S2.BrH/c1-10-4-5-13(11(2)8-10)19-16-20-14(9-23-16)15-12(3)18-17-21(15)6-7-22-17;/h4-9H,1-3H3,(H,19,20);1H. The van der Waals surface area contributed by atoms with Crippen LogP contribution in [0.25, 0.3) is 16.3 Å². The third-order valence-electron chi connectivity index (χ3n) is 3.81. The molecule has 7 heteroatoms. The van der Waals surface area contributed by atoms with Crippen LogP contribution in [-0.2, 0) is 0 Å². The predicted octanol–water partition coefficient (Wildman–Crippen LogP) is 5.77. The summed E-state index contributed by atoms with van der Waals surface area (Å²) in [7, 11) is 0. The zero-order valence-electron chi connectivity index (χ0n) is 13.5. The summed E-state index contributed by atoms with van der Waals surface area (Å²) < 4.78 is 2.11. The highest BCUT2D eigenvalue weighted by atomic mass is 79.9. The van der Waals surface area contributed by atoms with Gasteiger partial charge in [-0.2, -0.15) is 0 Å². The molecule has 1 aromatic carbocycles. The van der Waals surface area contributed by atoms with Gasteiger partial charge in [0.15, 0.2) is 10.1 Å². The quantitative estimate of drug-likeness (QED) is 0.457. The Hall–Kier alpha value is -1.70. The summed E-state index contributed by atoms with van der Waals surface area (Å²) in [4.78, 5) is 10.4. The van der Waals surface area contributed by atoms with E-state index < -0.39 is 0 Å². The van der Waals surface area contributed by atoms with Crippen LogP contribution in [0.5, 0.6) is 0 Å². The van der Waals surface area contributed by atoms with Crippen molar-refractivity contribution < 1.29 is 0 Å². The Morgan fingerprint density at radius 3 is 2.71 bits per heavy atom. The van der Waals surface area contributed by atoms with Crippen LogP contribution in [0.4, 0.5) is 10.8 Å². The van der Waals surface area contributed by atoms with Crippen LogP contribution in [0.2, 0.25) is 0 Å². The van der Waals surface area contributed by atoms with Gasteiger partial charge in [-0.05, 0) is 32.4 Å². The fourth-order valence-corrected chi connectivity index (χ4v) is 4.18. The molecule has 0 radical (unpaired) electrons. The zero-order chi connectivity index (χ0) is 16.0. The summed E-state index contributed by atoms with van der Waals surface area (Å²) in [5, 5.41) is 8.45. The van der Waals surface area contributed by atoms with Crippen molar-refractivity contribution >= 4 is 55.4 Å². The SMILES string of the molecule is Br.Cc1ccc(Nc2nc(-c3c(C)nc4sccn34)cs2)c(C)c1. The minimum Gasteiger partial charge on any atom is -0.331 e. The number of hydrogen-bond donors (Lipinski definition) is 1. The zero-order valence-corrected chi connectivity index (χ0v) is 16.9. The fourth-order valence-electron chi connectivity index (χ4n) is 2.71. The maximum Gasteiger partial charge on any atom is 0.194 e. The number of hydrogen-bond acceptors (Lipinski definition) is 5. The molecule has 4 rings (SSSR count). The first-order valence-corrected chi connectivity index (χ1v) is 9.10. The first-order chi connectivity index (χ1) is 11.1. The van der Waals surface area contributed by atoms with Crippen molar-refractivity contribution in [3.63, 3.8) is 0 Å². The first-order valence-electron chi connectivity index (χ1n) is 7.34. The van der Waals surface area contributed by atoms with Gasteiger partial charge in [0.1, 0.15) is 5.69 Å². The van der Waals surface area contributed by atoms with Crippen LogP contribution in [-0.4, -0.2) is 14.4 Å². The molecule has 0 fully saturated rings. The van der Waals surface area contributed by atoms with Gasteiger partial charge in [0.2, 0.25) is 0 Å². The van der Waals surface area contributed by atoms with E-state index in [-0.39, 0.29) is 17.0 Å². The van der Waals surface area contributed by atoms with E-state index in [4.69, 9.17) is 4.98 Å². The van der Waals surface area contributed by atoms with Crippen molar-refractivity contribution in [1.82, 2.24) is 14.4 Å². The van der Waals surface area contributed by atoms with Crippen LogP contribution in [0.3, 0.4) is 0 Å². The van der Waals surface area contributed by atoms with Crippen LogP contribution in [0.1, 0.15) is 16.8 Å². The second-order valence-corrected chi connectivity index (χ2v) is 7.31. The number of rotatable bonds is 3. The molecule has 3 aromatic heterocycles. The average Bonchev–Trinajstić information content (AvgIpc) is 3.18. The van der Waals surface area contributed by atoms with Gasteiger partial charge in [-0.3, -0.25) is 4.40 Å². The largest absolute Gasteiger partial charge is 0.331 e. The number of fused-ring (bicyclic) bond motifs is 1. The lowest BCUT2D eigenvalue weighted by molar-refractivity contribution is 1.20. The second-order valence-electron chi connectivity index (χ2n) is 5.58. The maximum atomic E-state index is 4.75. The number of anilines is 2. The molecule has 0 amide bonds. The molecule has 0 aliphatic carbocycles. The lowest BCUT2D eigenvalue weighted by Crippen LogP contribution is -1.93. The van der Waals surface area contributed by atoms with E-state index in [0.29, 0.717) is 0 Å². The highest BCUT2D eigenvalue weighted by molar-refractivity contribution is 8.93. The molecule has 0 atom stereocenters. The normalized spacial score (nSPS) is 10.8. The smallest absolute Gasteiger partial charge is 0.194 e. The molecule has 4 nitrogen and oxygen atoms in total. The van der Waals surface area contributed by atoms with Gasteiger partial charge in [-0.1, -0.05) is 17.7 Å². The van der Waals surface area contributed by atoms with Crippen LogP contribution in [0.15, 0.2) is 35.2 Å². The van der Waals surface area contributed by atoms with Gasteiger partial charge in [-0.15, -0.1) is 39.7 Å². The third-order valence-corrected chi connectivity index (χ3v) is 5.32. The number of thiazole rings is 2. The Labute approximate surface area is 159 Å². The molecule has 0 aliphatic rings. The number of aryl methyl sites for hydroxylation is 3. The van der Waals surface area contributed by atoms with Crippen molar-refractivity contribution in [1.29, 1.82) is 0 Å². The number of benzene rings is 1.